The molecule has 0 saturated carbocycles. The Kier molecular flexibility index (Phi) is 20.4. The van der Waals surface area contributed by atoms with Crippen LogP contribution in [-0.2, 0) is 14.2 Å². The van der Waals surface area contributed by atoms with E-state index in [2.05, 4.69) is 14.2 Å². The molecule has 0 aromatic carbocycles. The second kappa shape index (κ2) is 17.0. The zero-order chi connectivity index (χ0) is 9.66. The molecule has 0 atom stereocenters. The molecule has 0 amide bonds. The molecule has 0 spiro atoms. The molecule has 0 fully saturated rings. The number of hydrogen-bond acceptors (Lipinski definition) is 5. The molecule has 0 aliphatic carbocycles. The standard InChI is InChI=1S/C4H10O3.C3H8O2/c5-1-3-7-4-2-6;1-4-3-5-2/h5-6H,1-4H2;3H2,1-2H3. The summed E-state index contributed by atoms with van der Waals surface area (Å²) in [5.41, 5.74) is 0. The molecule has 0 aromatic heterocycles. The molecule has 0 aliphatic heterocycles. The molecular weight excluding hydrogens is 164 g/mol. The Bertz CT molecular complexity index is 53.8. The van der Waals surface area contributed by atoms with Gasteiger partial charge >= 0.3 is 0 Å². The third kappa shape index (κ3) is 22.6. The molecule has 5 nitrogen and oxygen atoms in total. The van der Waals surface area contributed by atoms with Crippen molar-refractivity contribution in [2.24, 2.45) is 0 Å². The Morgan fingerprint density at radius 3 is 1.50 bits per heavy atom. The van der Waals surface area contributed by atoms with Crippen LogP contribution in [0.3, 0.4) is 0 Å². The summed E-state index contributed by atoms with van der Waals surface area (Å²) in [4.78, 5) is 0. The molecule has 2 N–H and O–H groups in total. The first-order chi connectivity index (χ1) is 5.83. The van der Waals surface area contributed by atoms with Gasteiger partial charge in [-0.1, -0.05) is 0 Å². The summed E-state index contributed by atoms with van der Waals surface area (Å²) in [6, 6.07) is 0. The molecule has 0 rings (SSSR count). The minimum Gasteiger partial charge on any atom is -0.394 e. The lowest BCUT2D eigenvalue weighted by Crippen LogP contribution is -2.03. The number of aliphatic hydroxyl groups excluding tert-OH is 2. The van der Waals surface area contributed by atoms with Gasteiger partial charge in [0.05, 0.1) is 26.4 Å². The molecule has 0 aliphatic rings. The topological polar surface area (TPSA) is 68.2 Å². The first-order valence-corrected chi connectivity index (χ1v) is 3.60. The fourth-order valence-corrected chi connectivity index (χ4v) is 0.349. The van der Waals surface area contributed by atoms with Crippen molar-refractivity contribution >= 4 is 0 Å². The van der Waals surface area contributed by atoms with Crippen LogP contribution in [0.4, 0.5) is 0 Å². The van der Waals surface area contributed by atoms with Gasteiger partial charge in [0.2, 0.25) is 0 Å². The Morgan fingerprint density at radius 1 is 0.917 bits per heavy atom. The van der Waals surface area contributed by atoms with Crippen molar-refractivity contribution in [2.45, 2.75) is 0 Å². The Hall–Kier alpha value is -0.200. The predicted octanol–water partition coefficient (Wildman–Crippen LogP) is -0.776. The van der Waals surface area contributed by atoms with E-state index in [1.54, 1.807) is 14.2 Å². The quantitative estimate of drug-likeness (QED) is 0.417. The van der Waals surface area contributed by atoms with Crippen LogP contribution in [0.1, 0.15) is 0 Å². The molecule has 0 aromatic rings. The minimum absolute atomic E-state index is 0.0278. The highest BCUT2D eigenvalue weighted by Crippen LogP contribution is 1.68. The largest absolute Gasteiger partial charge is 0.394 e. The van der Waals surface area contributed by atoms with E-state index in [1.807, 2.05) is 0 Å². The van der Waals surface area contributed by atoms with E-state index in [-0.39, 0.29) is 13.2 Å². The fourth-order valence-electron chi connectivity index (χ4n) is 0.349. The molecule has 76 valence electrons. The third-order valence-corrected chi connectivity index (χ3v) is 0.707. The second-order valence-electron chi connectivity index (χ2n) is 1.75. The summed E-state index contributed by atoms with van der Waals surface area (Å²) < 4.78 is 13.6. The van der Waals surface area contributed by atoms with E-state index in [4.69, 9.17) is 10.2 Å². The van der Waals surface area contributed by atoms with Crippen molar-refractivity contribution in [1.29, 1.82) is 0 Å². The monoisotopic (exact) mass is 182 g/mol. The molecule has 0 unspecified atom stereocenters. The Balaban J connectivity index is 0. The highest BCUT2D eigenvalue weighted by molar-refractivity contribution is 4.24. The Morgan fingerprint density at radius 2 is 1.33 bits per heavy atom. The van der Waals surface area contributed by atoms with Crippen LogP contribution in [-0.4, -0.2) is 57.7 Å². The van der Waals surface area contributed by atoms with Crippen LogP contribution < -0.4 is 0 Å². The zero-order valence-electron chi connectivity index (χ0n) is 7.65. The van der Waals surface area contributed by atoms with Crippen molar-refractivity contribution in [3.8, 4) is 0 Å². The van der Waals surface area contributed by atoms with Crippen LogP contribution >= 0.6 is 0 Å². The number of aliphatic hydroxyl groups is 2. The van der Waals surface area contributed by atoms with E-state index in [1.165, 1.54) is 0 Å². The SMILES string of the molecule is COCOC.OCCOCCO. The third-order valence-electron chi connectivity index (χ3n) is 0.707. The van der Waals surface area contributed by atoms with Crippen LogP contribution in [0.5, 0.6) is 0 Å². The van der Waals surface area contributed by atoms with Gasteiger partial charge in [-0.15, -0.1) is 0 Å². The molecule has 0 bridgehead atoms. The van der Waals surface area contributed by atoms with E-state index in [0.717, 1.165) is 0 Å². The minimum atomic E-state index is 0.0278. The van der Waals surface area contributed by atoms with E-state index >= 15 is 0 Å². The lowest BCUT2D eigenvalue weighted by molar-refractivity contribution is -0.00271. The van der Waals surface area contributed by atoms with Crippen LogP contribution in [0, 0.1) is 0 Å². The van der Waals surface area contributed by atoms with Crippen LogP contribution in [0.2, 0.25) is 0 Å². The lowest BCUT2D eigenvalue weighted by Gasteiger charge is -1.94. The summed E-state index contributed by atoms with van der Waals surface area (Å²) in [6.07, 6.45) is 0. The van der Waals surface area contributed by atoms with Crippen molar-refractivity contribution < 1.29 is 24.4 Å². The maximum Gasteiger partial charge on any atom is 0.145 e. The molecule has 12 heavy (non-hydrogen) atoms. The summed E-state index contributed by atoms with van der Waals surface area (Å²) in [5.74, 6) is 0. The van der Waals surface area contributed by atoms with E-state index in [9.17, 15) is 0 Å². The predicted molar refractivity (Wildman–Crippen MR) is 43.9 cm³/mol. The second-order valence-corrected chi connectivity index (χ2v) is 1.75. The van der Waals surface area contributed by atoms with Gasteiger partial charge in [0, 0.05) is 14.2 Å². The highest BCUT2D eigenvalue weighted by Gasteiger charge is 1.79. The Labute approximate surface area is 72.9 Å². The van der Waals surface area contributed by atoms with Gasteiger partial charge in [-0.05, 0) is 0 Å². The van der Waals surface area contributed by atoms with Gasteiger partial charge in [-0.3, -0.25) is 0 Å². The molecule has 0 radical (unpaired) electrons. The maximum atomic E-state index is 8.09. The molecule has 0 saturated heterocycles. The van der Waals surface area contributed by atoms with Crippen molar-refractivity contribution in [3.05, 3.63) is 0 Å². The summed E-state index contributed by atoms with van der Waals surface area (Å²) in [5, 5.41) is 16.2. The van der Waals surface area contributed by atoms with Crippen molar-refractivity contribution in [1.82, 2.24) is 0 Å². The van der Waals surface area contributed by atoms with Crippen molar-refractivity contribution in [3.63, 3.8) is 0 Å². The van der Waals surface area contributed by atoms with Gasteiger partial charge in [-0.2, -0.15) is 0 Å². The normalized spacial score (nSPS) is 9.00. The van der Waals surface area contributed by atoms with Gasteiger partial charge in [-0.25, -0.2) is 0 Å². The van der Waals surface area contributed by atoms with Gasteiger partial charge < -0.3 is 24.4 Å². The highest BCUT2D eigenvalue weighted by atomic mass is 16.6. The maximum absolute atomic E-state index is 8.09. The molecule has 0 heterocycles. The first-order valence-electron chi connectivity index (χ1n) is 3.60. The number of ether oxygens (including phenoxy) is 3. The van der Waals surface area contributed by atoms with E-state index < -0.39 is 0 Å². The smallest absolute Gasteiger partial charge is 0.145 e. The number of hydrogen-bond donors (Lipinski definition) is 2. The van der Waals surface area contributed by atoms with Gasteiger partial charge in [0.15, 0.2) is 0 Å². The van der Waals surface area contributed by atoms with Crippen molar-refractivity contribution in [2.75, 3.05) is 47.4 Å². The van der Waals surface area contributed by atoms with Gasteiger partial charge in [0.1, 0.15) is 6.79 Å². The van der Waals surface area contributed by atoms with E-state index in [0.29, 0.717) is 20.0 Å². The lowest BCUT2D eigenvalue weighted by atomic mass is 10.7. The summed E-state index contributed by atoms with van der Waals surface area (Å²) in [7, 11) is 3.17. The van der Waals surface area contributed by atoms with Gasteiger partial charge in [0.25, 0.3) is 0 Å². The number of methoxy groups -OCH3 is 2. The molecular formula is C7H18O5. The summed E-state index contributed by atoms with van der Waals surface area (Å²) in [6.45, 7) is 1.08. The zero-order valence-corrected chi connectivity index (χ0v) is 7.65. The average Bonchev–Trinajstić information content (AvgIpc) is 2.08. The summed E-state index contributed by atoms with van der Waals surface area (Å²) >= 11 is 0. The number of rotatable bonds is 6. The first kappa shape index (κ1) is 14.3. The fraction of sp³-hybridized carbons (Fsp3) is 1.00. The van der Waals surface area contributed by atoms with Crippen LogP contribution in [0.25, 0.3) is 0 Å². The van der Waals surface area contributed by atoms with Crippen LogP contribution in [0.15, 0.2) is 0 Å². The average molecular weight is 182 g/mol. The molecule has 5 heteroatoms.